The number of alkyl carbamates (subject to hydrolysis) is 1. The van der Waals surface area contributed by atoms with Crippen molar-refractivity contribution < 1.29 is 19.1 Å². The maximum Gasteiger partial charge on any atom is 0.408 e. The van der Waals surface area contributed by atoms with E-state index in [2.05, 4.69) is 23.3 Å². The summed E-state index contributed by atoms with van der Waals surface area (Å²) in [4.78, 5) is 42.3. The molecule has 0 aliphatic carbocycles. The molecule has 2 N–H and O–H groups in total. The Morgan fingerprint density at radius 2 is 1.55 bits per heavy atom. The second-order valence-corrected chi connectivity index (χ2v) is 12.1. The Balaban J connectivity index is 2.64. The average Bonchev–Trinajstić information content (AvgIpc) is 2.78. The van der Waals surface area contributed by atoms with Gasteiger partial charge in [-0.05, 0) is 90.6 Å². The summed E-state index contributed by atoms with van der Waals surface area (Å²) in [6.45, 7) is 16.5. The Hall–Kier alpha value is -2.71. The molecule has 2 rings (SSSR count). The van der Waals surface area contributed by atoms with Gasteiger partial charge in [0.1, 0.15) is 17.7 Å². The topological polar surface area (TPSA) is 87.7 Å². The Morgan fingerprint density at radius 1 is 0.974 bits per heavy atom. The Labute approximate surface area is 237 Å². The number of para-hydroxylation sites is 1. The van der Waals surface area contributed by atoms with Gasteiger partial charge < -0.3 is 20.3 Å². The molecule has 0 aliphatic heterocycles. The number of carbonyl (C=O) groups is 3. The van der Waals surface area contributed by atoms with Gasteiger partial charge in [0.2, 0.25) is 5.91 Å². The molecule has 2 aromatic rings. The number of carbonyl (C=O) groups excluding carboxylic acids is 3. The van der Waals surface area contributed by atoms with E-state index in [4.69, 9.17) is 16.3 Å². The van der Waals surface area contributed by atoms with Crippen LogP contribution in [0.1, 0.15) is 69.8 Å². The van der Waals surface area contributed by atoms with Crippen molar-refractivity contribution in [3.05, 3.63) is 63.7 Å². The van der Waals surface area contributed by atoms with E-state index in [1.807, 2.05) is 65.8 Å². The van der Waals surface area contributed by atoms with Gasteiger partial charge in [0.25, 0.3) is 5.91 Å². The molecule has 7 nitrogen and oxygen atoms in total. The number of anilines is 1. The predicted octanol–water partition coefficient (Wildman–Crippen LogP) is 6.40. The highest BCUT2D eigenvalue weighted by Gasteiger charge is 2.42. The molecule has 0 fully saturated rings. The predicted molar refractivity (Wildman–Crippen MR) is 157 cm³/mol. The summed E-state index contributed by atoms with van der Waals surface area (Å²) in [5.74, 6) is -0.876. The van der Waals surface area contributed by atoms with E-state index in [9.17, 15) is 14.4 Å². The molecular weight excluding hydrogens is 522 g/mol. The van der Waals surface area contributed by atoms with E-state index >= 15 is 0 Å². The quantitative estimate of drug-likeness (QED) is 0.342. The molecule has 9 heteroatoms. The minimum atomic E-state index is -1.03. The lowest BCUT2D eigenvalue weighted by atomic mass is 9.91. The number of halogens is 1. The number of nitrogens with zero attached hydrogens (tertiary/aromatic N) is 1. The van der Waals surface area contributed by atoms with Crippen LogP contribution >= 0.6 is 24.2 Å². The van der Waals surface area contributed by atoms with Crippen molar-refractivity contribution in [2.45, 2.75) is 85.5 Å². The standard InChI is InChI=1S/C29H40ClN3O4S/c1-17-12-10-14-20(19(17)3)24(25(34)32-23-18(2)13-11-15-21(23)30)33(28(4,5)6)26(35)22(16-38)31-27(36)37-29(7,8)9/h10-15,22,24,38H,16H2,1-9H3,(H,31,36)(H,32,34). The summed E-state index contributed by atoms with van der Waals surface area (Å²) in [7, 11) is 0. The van der Waals surface area contributed by atoms with Crippen molar-refractivity contribution >= 4 is 47.8 Å². The molecule has 2 unspecified atom stereocenters. The van der Waals surface area contributed by atoms with Crippen LogP contribution in [-0.4, -0.2) is 45.7 Å². The Kier molecular flexibility index (Phi) is 10.3. The third kappa shape index (κ3) is 7.90. The summed E-state index contributed by atoms with van der Waals surface area (Å²) < 4.78 is 5.37. The van der Waals surface area contributed by atoms with Crippen molar-refractivity contribution in [1.29, 1.82) is 0 Å². The van der Waals surface area contributed by atoms with E-state index in [1.54, 1.807) is 32.9 Å². The van der Waals surface area contributed by atoms with E-state index in [0.717, 1.165) is 16.7 Å². The second-order valence-electron chi connectivity index (χ2n) is 11.4. The molecule has 0 saturated carbocycles. The van der Waals surface area contributed by atoms with Crippen LogP contribution in [0, 0.1) is 20.8 Å². The van der Waals surface area contributed by atoms with Gasteiger partial charge in [-0.3, -0.25) is 9.59 Å². The minimum absolute atomic E-state index is 0.00934. The molecule has 0 aliphatic rings. The van der Waals surface area contributed by atoms with Crippen LogP contribution < -0.4 is 10.6 Å². The zero-order valence-electron chi connectivity index (χ0n) is 23.7. The van der Waals surface area contributed by atoms with Crippen molar-refractivity contribution in [2.24, 2.45) is 0 Å². The molecule has 0 spiro atoms. The van der Waals surface area contributed by atoms with Gasteiger partial charge in [-0.25, -0.2) is 4.79 Å². The minimum Gasteiger partial charge on any atom is -0.444 e. The first-order valence-electron chi connectivity index (χ1n) is 12.5. The summed E-state index contributed by atoms with van der Waals surface area (Å²) in [6.07, 6.45) is -0.738. The number of nitrogens with one attached hydrogen (secondary N) is 2. The maximum atomic E-state index is 14.1. The van der Waals surface area contributed by atoms with Gasteiger partial charge in [-0.15, -0.1) is 0 Å². The number of amides is 3. The summed E-state index contributed by atoms with van der Waals surface area (Å²) >= 11 is 10.8. The highest BCUT2D eigenvalue weighted by molar-refractivity contribution is 7.80. The molecule has 3 amide bonds. The van der Waals surface area contributed by atoms with Crippen LogP contribution in [0.3, 0.4) is 0 Å². The fraction of sp³-hybridized carbons (Fsp3) is 0.483. The smallest absolute Gasteiger partial charge is 0.408 e. The average molecular weight is 562 g/mol. The summed E-state index contributed by atoms with van der Waals surface area (Å²) in [5.41, 5.74) is 2.24. The van der Waals surface area contributed by atoms with E-state index in [0.29, 0.717) is 16.3 Å². The lowest BCUT2D eigenvalue weighted by Crippen LogP contribution is -2.58. The monoisotopic (exact) mass is 561 g/mol. The van der Waals surface area contributed by atoms with Crippen LogP contribution in [0.15, 0.2) is 36.4 Å². The molecule has 2 aromatic carbocycles. The summed E-state index contributed by atoms with van der Waals surface area (Å²) in [5, 5.41) is 5.99. The number of rotatable bonds is 7. The van der Waals surface area contributed by atoms with Crippen molar-refractivity contribution in [3.63, 3.8) is 0 Å². The maximum absolute atomic E-state index is 14.1. The molecule has 2 atom stereocenters. The van der Waals surface area contributed by atoms with Crippen molar-refractivity contribution in [3.8, 4) is 0 Å². The molecule has 0 bridgehead atoms. The number of thiol groups is 1. The first kappa shape index (κ1) is 31.5. The first-order chi connectivity index (χ1) is 17.5. The van der Waals surface area contributed by atoms with Crippen LogP contribution in [0.4, 0.5) is 10.5 Å². The van der Waals surface area contributed by atoms with Gasteiger partial charge >= 0.3 is 6.09 Å². The fourth-order valence-corrected chi connectivity index (χ4v) is 4.61. The number of benzene rings is 2. The molecule has 208 valence electrons. The van der Waals surface area contributed by atoms with Gasteiger partial charge in [-0.2, -0.15) is 12.6 Å². The Bertz CT molecular complexity index is 1170. The summed E-state index contributed by atoms with van der Waals surface area (Å²) in [6, 6.07) is 8.95. The zero-order valence-corrected chi connectivity index (χ0v) is 25.4. The van der Waals surface area contributed by atoms with Crippen LogP contribution in [-0.2, 0) is 14.3 Å². The lowest BCUT2D eigenvalue weighted by Gasteiger charge is -2.43. The highest BCUT2D eigenvalue weighted by Crippen LogP contribution is 2.35. The molecule has 0 heterocycles. The highest BCUT2D eigenvalue weighted by atomic mass is 35.5. The van der Waals surface area contributed by atoms with Crippen molar-refractivity contribution in [1.82, 2.24) is 10.2 Å². The Morgan fingerprint density at radius 3 is 2.08 bits per heavy atom. The number of ether oxygens (including phenoxy) is 1. The van der Waals surface area contributed by atoms with E-state index in [-0.39, 0.29) is 5.75 Å². The SMILES string of the molecule is Cc1cccc(C(C(=O)Nc2c(C)cccc2Cl)N(C(=O)C(CS)NC(=O)OC(C)(C)C)C(C)(C)C)c1C. The zero-order chi connectivity index (χ0) is 29.0. The van der Waals surface area contributed by atoms with Crippen LogP contribution in [0.2, 0.25) is 5.02 Å². The number of aryl methyl sites for hydroxylation is 2. The fourth-order valence-electron chi connectivity index (χ4n) is 4.10. The molecule has 0 aromatic heterocycles. The molecular formula is C29H40ClN3O4S. The third-order valence-corrected chi connectivity index (χ3v) is 6.73. The normalized spacial score (nSPS) is 13.3. The van der Waals surface area contributed by atoms with E-state index < -0.39 is 41.1 Å². The van der Waals surface area contributed by atoms with Gasteiger partial charge in [0.15, 0.2) is 0 Å². The largest absolute Gasteiger partial charge is 0.444 e. The second kappa shape index (κ2) is 12.4. The third-order valence-electron chi connectivity index (χ3n) is 6.05. The van der Waals surface area contributed by atoms with Gasteiger partial charge in [-0.1, -0.05) is 41.9 Å². The lowest BCUT2D eigenvalue weighted by molar-refractivity contribution is -0.146. The molecule has 38 heavy (non-hydrogen) atoms. The first-order valence-corrected chi connectivity index (χ1v) is 13.5. The van der Waals surface area contributed by atoms with Crippen LogP contribution in [0.25, 0.3) is 0 Å². The van der Waals surface area contributed by atoms with Gasteiger partial charge in [0.05, 0.1) is 10.7 Å². The van der Waals surface area contributed by atoms with Crippen molar-refractivity contribution in [2.75, 3.05) is 11.1 Å². The van der Waals surface area contributed by atoms with E-state index in [1.165, 1.54) is 4.90 Å². The number of hydrogen-bond acceptors (Lipinski definition) is 5. The molecule has 0 saturated heterocycles. The number of hydrogen-bond donors (Lipinski definition) is 3. The van der Waals surface area contributed by atoms with Crippen LogP contribution in [0.5, 0.6) is 0 Å². The van der Waals surface area contributed by atoms with Gasteiger partial charge in [0, 0.05) is 11.3 Å². The molecule has 0 radical (unpaired) electrons.